The Hall–Kier alpha value is -2.10. The summed E-state index contributed by atoms with van der Waals surface area (Å²) in [5.41, 5.74) is 17.0. The second-order valence-corrected chi connectivity index (χ2v) is 4.13. The molecule has 0 saturated carbocycles. The predicted octanol–water partition coefficient (Wildman–Crippen LogP) is 1.52. The van der Waals surface area contributed by atoms with Gasteiger partial charge in [0.2, 0.25) is 5.95 Å². The zero-order valence-corrected chi connectivity index (χ0v) is 8.99. The van der Waals surface area contributed by atoms with Crippen LogP contribution in [0.5, 0.6) is 0 Å². The van der Waals surface area contributed by atoms with Crippen molar-refractivity contribution in [1.29, 1.82) is 0 Å². The second-order valence-electron chi connectivity index (χ2n) is 4.13. The van der Waals surface area contributed by atoms with Crippen LogP contribution in [-0.4, -0.2) is 9.97 Å². The van der Waals surface area contributed by atoms with Crippen LogP contribution in [0.3, 0.4) is 0 Å². The highest BCUT2D eigenvalue weighted by Gasteiger charge is 2.23. The maximum atomic E-state index is 5.91. The minimum atomic E-state index is 0.251. The van der Waals surface area contributed by atoms with Crippen LogP contribution >= 0.6 is 0 Å². The quantitative estimate of drug-likeness (QED) is 0.592. The van der Waals surface area contributed by atoms with Gasteiger partial charge >= 0.3 is 0 Å². The third-order valence-corrected chi connectivity index (χ3v) is 2.92. The molecule has 3 rings (SSSR count). The Balaban J connectivity index is 2.32. The number of nitrogens with two attached hydrogens (primary N) is 2. The molecule has 0 unspecified atom stereocenters. The molecule has 4 heteroatoms. The molecular formula is C12H12N4. The van der Waals surface area contributed by atoms with Gasteiger partial charge in [-0.25, -0.2) is 4.98 Å². The van der Waals surface area contributed by atoms with Crippen molar-refractivity contribution in [3.8, 4) is 11.1 Å². The monoisotopic (exact) mass is 212 g/mol. The number of aryl methyl sites for hydroxylation is 1. The Morgan fingerprint density at radius 3 is 2.81 bits per heavy atom. The van der Waals surface area contributed by atoms with Crippen molar-refractivity contribution < 1.29 is 0 Å². The third kappa shape index (κ3) is 1.16. The molecule has 1 aromatic heterocycles. The van der Waals surface area contributed by atoms with E-state index in [4.69, 9.17) is 11.5 Å². The van der Waals surface area contributed by atoms with Crippen LogP contribution in [0.15, 0.2) is 18.2 Å². The SMILES string of the molecule is Cc1ccc2c(c1)-c1c(N)nc(N)nc1C2. The minimum absolute atomic E-state index is 0.251. The maximum Gasteiger partial charge on any atom is 0.222 e. The number of fused-ring (bicyclic) bond motifs is 3. The van der Waals surface area contributed by atoms with Crippen LogP contribution in [0.25, 0.3) is 11.1 Å². The Labute approximate surface area is 93.3 Å². The molecule has 0 amide bonds. The standard InChI is InChI=1S/C12H12N4/c1-6-2-3-7-5-9-10(8(7)4-6)11(13)16-12(14)15-9/h2-4H,5H2,1H3,(H4,13,14,15,16). The highest BCUT2D eigenvalue weighted by atomic mass is 15.0. The molecule has 16 heavy (non-hydrogen) atoms. The van der Waals surface area contributed by atoms with Crippen LogP contribution in [0.2, 0.25) is 0 Å². The average molecular weight is 212 g/mol. The van der Waals surface area contributed by atoms with E-state index in [-0.39, 0.29) is 5.95 Å². The lowest BCUT2D eigenvalue weighted by Gasteiger charge is -2.05. The van der Waals surface area contributed by atoms with Crippen molar-refractivity contribution in [3.05, 3.63) is 35.0 Å². The molecule has 1 aromatic carbocycles. The van der Waals surface area contributed by atoms with E-state index in [9.17, 15) is 0 Å². The van der Waals surface area contributed by atoms with Gasteiger partial charge in [-0.1, -0.05) is 23.8 Å². The van der Waals surface area contributed by atoms with E-state index in [2.05, 4.69) is 35.1 Å². The van der Waals surface area contributed by atoms with E-state index in [0.717, 1.165) is 23.2 Å². The van der Waals surface area contributed by atoms with Crippen LogP contribution < -0.4 is 11.5 Å². The number of nitrogens with zero attached hydrogens (tertiary/aromatic N) is 2. The van der Waals surface area contributed by atoms with Gasteiger partial charge in [0.05, 0.1) is 5.69 Å². The number of nitrogen functional groups attached to an aromatic ring is 2. The van der Waals surface area contributed by atoms with Crippen molar-refractivity contribution in [2.75, 3.05) is 11.5 Å². The van der Waals surface area contributed by atoms with Gasteiger partial charge in [0.15, 0.2) is 0 Å². The van der Waals surface area contributed by atoms with Gasteiger partial charge in [-0.15, -0.1) is 0 Å². The maximum absolute atomic E-state index is 5.91. The zero-order chi connectivity index (χ0) is 11.3. The first-order chi connectivity index (χ1) is 7.65. The first-order valence-electron chi connectivity index (χ1n) is 5.17. The van der Waals surface area contributed by atoms with Crippen LogP contribution in [0.4, 0.5) is 11.8 Å². The lowest BCUT2D eigenvalue weighted by Crippen LogP contribution is -2.03. The van der Waals surface area contributed by atoms with Gasteiger partial charge in [0, 0.05) is 12.0 Å². The summed E-state index contributed by atoms with van der Waals surface area (Å²) in [5, 5.41) is 0. The van der Waals surface area contributed by atoms with E-state index in [1.807, 2.05) is 0 Å². The number of hydrogen-bond donors (Lipinski definition) is 2. The molecular weight excluding hydrogens is 200 g/mol. The van der Waals surface area contributed by atoms with Crippen LogP contribution in [-0.2, 0) is 6.42 Å². The largest absolute Gasteiger partial charge is 0.383 e. The summed E-state index contributed by atoms with van der Waals surface area (Å²) in [6.07, 6.45) is 0.794. The van der Waals surface area contributed by atoms with Gasteiger partial charge in [-0.05, 0) is 18.1 Å². The molecule has 0 radical (unpaired) electrons. The third-order valence-electron chi connectivity index (χ3n) is 2.92. The highest BCUT2D eigenvalue weighted by Crippen LogP contribution is 2.39. The molecule has 1 aliphatic carbocycles. The summed E-state index contributed by atoms with van der Waals surface area (Å²) >= 11 is 0. The smallest absolute Gasteiger partial charge is 0.222 e. The zero-order valence-electron chi connectivity index (χ0n) is 8.99. The second kappa shape index (κ2) is 2.95. The van der Waals surface area contributed by atoms with Crippen LogP contribution in [0.1, 0.15) is 16.8 Å². The molecule has 0 aliphatic heterocycles. The molecule has 0 spiro atoms. The summed E-state index contributed by atoms with van der Waals surface area (Å²) in [6, 6.07) is 6.33. The van der Waals surface area contributed by atoms with E-state index >= 15 is 0 Å². The van der Waals surface area contributed by atoms with E-state index < -0.39 is 0 Å². The Kier molecular flexibility index (Phi) is 1.68. The fourth-order valence-corrected chi connectivity index (χ4v) is 2.23. The number of benzene rings is 1. The first-order valence-corrected chi connectivity index (χ1v) is 5.17. The molecule has 4 nitrogen and oxygen atoms in total. The normalized spacial score (nSPS) is 12.3. The molecule has 1 aliphatic rings. The molecule has 2 aromatic rings. The summed E-state index contributed by atoms with van der Waals surface area (Å²) in [4.78, 5) is 8.26. The van der Waals surface area contributed by atoms with Crippen molar-refractivity contribution in [1.82, 2.24) is 9.97 Å². The van der Waals surface area contributed by atoms with Crippen molar-refractivity contribution in [2.45, 2.75) is 13.3 Å². The number of anilines is 2. The molecule has 0 saturated heterocycles. The summed E-state index contributed by atoms with van der Waals surface area (Å²) in [7, 11) is 0. The van der Waals surface area contributed by atoms with Gasteiger partial charge in [0.1, 0.15) is 5.82 Å². The number of aromatic nitrogens is 2. The number of rotatable bonds is 0. The topological polar surface area (TPSA) is 77.8 Å². The summed E-state index contributed by atoms with van der Waals surface area (Å²) in [6.45, 7) is 2.06. The van der Waals surface area contributed by atoms with Crippen LogP contribution in [0, 0.1) is 6.92 Å². The molecule has 1 heterocycles. The number of hydrogen-bond acceptors (Lipinski definition) is 4. The lowest BCUT2D eigenvalue weighted by molar-refractivity contribution is 1.08. The molecule has 80 valence electrons. The molecule has 0 bridgehead atoms. The van der Waals surface area contributed by atoms with Gasteiger partial charge in [-0.2, -0.15) is 4.98 Å². The fraction of sp³-hybridized carbons (Fsp3) is 0.167. The Bertz CT molecular complexity index is 590. The van der Waals surface area contributed by atoms with E-state index in [0.29, 0.717) is 5.82 Å². The van der Waals surface area contributed by atoms with Gasteiger partial charge in [0.25, 0.3) is 0 Å². The first kappa shape index (κ1) is 9.15. The molecule has 4 N–H and O–H groups in total. The van der Waals surface area contributed by atoms with E-state index in [1.165, 1.54) is 11.1 Å². The minimum Gasteiger partial charge on any atom is -0.383 e. The van der Waals surface area contributed by atoms with E-state index in [1.54, 1.807) is 0 Å². The van der Waals surface area contributed by atoms with Gasteiger partial charge in [-0.3, -0.25) is 0 Å². The summed E-state index contributed by atoms with van der Waals surface area (Å²) in [5.74, 6) is 0.729. The Morgan fingerprint density at radius 2 is 2.00 bits per heavy atom. The van der Waals surface area contributed by atoms with Gasteiger partial charge < -0.3 is 11.5 Å². The predicted molar refractivity (Wildman–Crippen MR) is 63.8 cm³/mol. The van der Waals surface area contributed by atoms with Crippen molar-refractivity contribution >= 4 is 11.8 Å². The van der Waals surface area contributed by atoms with Crippen molar-refractivity contribution in [3.63, 3.8) is 0 Å². The highest BCUT2D eigenvalue weighted by molar-refractivity contribution is 5.83. The molecule has 0 fully saturated rings. The fourth-order valence-electron chi connectivity index (χ4n) is 2.23. The lowest BCUT2D eigenvalue weighted by atomic mass is 10.0. The summed E-state index contributed by atoms with van der Waals surface area (Å²) < 4.78 is 0. The average Bonchev–Trinajstić information content (AvgIpc) is 2.54. The Morgan fingerprint density at radius 1 is 1.19 bits per heavy atom. The molecule has 0 atom stereocenters. The van der Waals surface area contributed by atoms with Crippen molar-refractivity contribution in [2.24, 2.45) is 0 Å².